The zero-order chi connectivity index (χ0) is 22.1. The summed E-state index contributed by atoms with van der Waals surface area (Å²) in [5, 5.41) is 10.1. The molecule has 0 radical (unpaired) electrons. The molecule has 8 nitrogen and oxygen atoms in total. The van der Waals surface area contributed by atoms with Gasteiger partial charge in [-0.2, -0.15) is 10.2 Å². The highest BCUT2D eigenvalue weighted by atomic mass is 16.3. The first kappa shape index (κ1) is 20.8. The van der Waals surface area contributed by atoms with Crippen molar-refractivity contribution in [2.24, 2.45) is 0 Å². The maximum atomic E-state index is 13.2. The smallest absolute Gasteiger partial charge is 0.244 e. The predicted octanol–water partition coefficient (Wildman–Crippen LogP) is 3.88. The van der Waals surface area contributed by atoms with Crippen molar-refractivity contribution in [3.63, 3.8) is 0 Å². The maximum Gasteiger partial charge on any atom is 0.244 e. The molecule has 0 saturated carbocycles. The van der Waals surface area contributed by atoms with Crippen molar-refractivity contribution in [2.75, 3.05) is 6.54 Å². The number of furan rings is 1. The second-order valence-electron chi connectivity index (χ2n) is 7.65. The van der Waals surface area contributed by atoms with Gasteiger partial charge in [-0.3, -0.25) is 9.48 Å². The highest BCUT2D eigenvalue weighted by Crippen LogP contribution is 2.30. The van der Waals surface area contributed by atoms with Gasteiger partial charge in [0.2, 0.25) is 5.91 Å². The van der Waals surface area contributed by atoms with E-state index in [0.717, 1.165) is 45.9 Å². The van der Waals surface area contributed by atoms with Crippen LogP contribution in [0.15, 0.2) is 35.1 Å². The van der Waals surface area contributed by atoms with Crippen LogP contribution in [0.3, 0.4) is 0 Å². The Morgan fingerprint density at radius 2 is 1.87 bits per heavy atom. The van der Waals surface area contributed by atoms with Crippen molar-refractivity contribution in [1.29, 1.82) is 0 Å². The maximum absolute atomic E-state index is 13.2. The van der Waals surface area contributed by atoms with Crippen LogP contribution in [0, 0.1) is 20.8 Å². The standard InChI is InChI=1S/C23H28N6O2/c1-6-27(13-19-15(3)25-28(7-2)17(19)5)21(30)14-29-23-22(16(4)26-29)18(10-11-24-23)20-9-8-12-31-20/h8-12H,6-7,13-14H2,1-5H3. The minimum absolute atomic E-state index is 0.000139. The van der Waals surface area contributed by atoms with Gasteiger partial charge in [-0.15, -0.1) is 0 Å². The van der Waals surface area contributed by atoms with E-state index >= 15 is 0 Å². The summed E-state index contributed by atoms with van der Waals surface area (Å²) in [4.78, 5) is 19.6. The van der Waals surface area contributed by atoms with Crippen molar-refractivity contribution in [2.45, 2.75) is 54.3 Å². The molecule has 0 spiro atoms. The van der Waals surface area contributed by atoms with Gasteiger partial charge in [0.15, 0.2) is 5.65 Å². The number of nitrogens with zero attached hydrogens (tertiary/aromatic N) is 6. The topological polar surface area (TPSA) is 82.0 Å². The summed E-state index contributed by atoms with van der Waals surface area (Å²) in [6.45, 7) is 12.1. The van der Waals surface area contributed by atoms with E-state index in [1.807, 2.05) is 48.6 Å². The Hall–Kier alpha value is -3.42. The molecule has 0 aliphatic heterocycles. The van der Waals surface area contributed by atoms with Gasteiger partial charge in [0.25, 0.3) is 0 Å². The molecule has 0 saturated heterocycles. The molecule has 0 atom stereocenters. The number of aryl methyl sites for hydroxylation is 3. The lowest BCUT2D eigenvalue weighted by Gasteiger charge is -2.21. The monoisotopic (exact) mass is 420 g/mol. The first-order chi connectivity index (χ1) is 14.9. The van der Waals surface area contributed by atoms with E-state index in [1.54, 1.807) is 17.1 Å². The molecule has 0 bridgehead atoms. The third-order valence-electron chi connectivity index (χ3n) is 5.79. The molecule has 8 heteroatoms. The van der Waals surface area contributed by atoms with Gasteiger partial charge in [0, 0.05) is 42.7 Å². The molecule has 0 N–H and O–H groups in total. The Kier molecular flexibility index (Phi) is 5.63. The molecule has 0 fully saturated rings. The molecule has 0 aliphatic carbocycles. The second-order valence-corrected chi connectivity index (χ2v) is 7.65. The average Bonchev–Trinajstić information content (AvgIpc) is 3.46. The third-order valence-corrected chi connectivity index (χ3v) is 5.79. The first-order valence-electron chi connectivity index (χ1n) is 10.6. The summed E-state index contributed by atoms with van der Waals surface area (Å²) in [6.07, 6.45) is 3.38. The SMILES string of the molecule is CCN(Cc1c(C)nn(CC)c1C)C(=O)Cn1nc(C)c2c(-c3ccco3)ccnc21. The Labute approximate surface area is 181 Å². The van der Waals surface area contributed by atoms with Crippen LogP contribution in [0.4, 0.5) is 0 Å². The van der Waals surface area contributed by atoms with E-state index < -0.39 is 0 Å². The van der Waals surface area contributed by atoms with Crippen molar-refractivity contribution in [1.82, 2.24) is 29.4 Å². The average molecular weight is 421 g/mol. The Morgan fingerprint density at radius 1 is 1.10 bits per heavy atom. The van der Waals surface area contributed by atoms with Crippen LogP contribution in [-0.2, 0) is 24.4 Å². The van der Waals surface area contributed by atoms with Crippen molar-refractivity contribution in [3.05, 3.63) is 53.3 Å². The van der Waals surface area contributed by atoms with E-state index in [-0.39, 0.29) is 12.5 Å². The summed E-state index contributed by atoms with van der Waals surface area (Å²) in [7, 11) is 0. The van der Waals surface area contributed by atoms with Gasteiger partial charge < -0.3 is 9.32 Å². The lowest BCUT2D eigenvalue weighted by atomic mass is 10.1. The number of carbonyl (C=O) groups is 1. The molecule has 4 heterocycles. The van der Waals surface area contributed by atoms with Crippen LogP contribution in [0.1, 0.15) is 36.5 Å². The van der Waals surface area contributed by atoms with E-state index in [1.165, 1.54) is 0 Å². The molecule has 4 rings (SSSR count). The highest BCUT2D eigenvalue weighted by Gasteiger charge is 2.21. The molecular formula is C23H28N6O2. The summed E-state index contributed by atoms with van der Waals surface area (Å²) in [5.74, 6) is 0.760. The second kappa shape index (κ2) is 8.37. The molecule has 1 amide bonds. The van der Waals surface area contributed by atoms with Gasteiger partial charge >= 0.3 is 0 Å². The van der Waals surface area contributed by atoms with E-state index in [0.29, 0.717) is 18.7 Å². The number of hydrogen-bond acceptors (Lipinski definition) is 5. The number of amides is 1. The zero-order valence-corrected chi connectivity index (χ0v) is 18.7. The van der Waals surface area contributed by atoms with Gasteiger partial charge in [-0.05, 0) is 52.8 Å². The molecule has 0 aliphatic rings. The van der Waals surface area contributed by atoms with Crippen molar-refractivity contribution < 1.29 is 9.21 Å². The van der Waals surface area contributed by atoms with Crippen LogP contribution in [0.5, 0.6) is 0 Å². The summed E-state index contributed by atoms with van der Waals surface area (Å²) in [5.41, 5.74) is 5.61. The van der Waals surface area contributed by atoms with Crippen LogP contribution in [0.25, 0.3) is 22.4 Å². The van der Waals surface area contributed by atoms with Crippen molar-refractivity contribution in [3.8, 4) is 11.3 Å². The number of hydrogen-bond donors (Lipinski definition) is 0. The number of pyridine rings is 1. The molecule has 31 heavy (non-hydrogen) atoms. The fourth-order valence-corrected chi connectivity index (χ4v) is 4.09. The molecule has 4 aromatic heterocycles. The molecule has 0 unspecified atom stereocenters. The normalized spacial score (nSPS) is 11.4. The van der Waals surface area contributed by atoms with Crippen LogP contribution in [-0.4, -0.2) is 41.9 Å². The van der Waals surface area contributed by atoms with Crippen LogP contribution >= 0.6 is 0 Å². The number of carbonyl (C=O) groups excluding carboxylic acids is 1. The Bertz CT molecular complexity index is 1220. The summed E-state index contributed by atoms with van der Waals surface area (Å²) < 4.78 is 9.25. The van der Waals surface area contributed by atoms with E-state index in [4.69, 9.17) is 4.42 Å². The van der Waals surface area contributed by atoms with Crippen molar-refractivity contribution >= 4 is 16.9 Å². The highest BCUT2D eigenvalue weighted by molar-refractivity contribution is 5.93. The molecule has 0 aromatic carbocycles. The molecule has 4 aromatic rings. The number of likely N-dealkylation sites (N-methyl/N-ethyl adjacent to an activating group) is 1. The number of aromatic nitrogens is 5. The summed E-state index contributed by atoms with van der Waals surface area (Å²) >= 11 is 0. The fourth-order valence-electron chi connectivity index (χ4n) is 4.09. The van der Waals surface area contributed by atoms with Gasteiger partial charge in [-0.25, -0.2) is 9.67 Å². The fraction of sp³-hybridized carbons (Fsp3) is 0.391. The summed E-state index contributed by atoms with van der Waals surface area (Å²) in [6, 6.07) is 5.68. The first-order valence-corrected chi connectivity index (χ1v) is 10.6. The van der Waals surface area contributed by atoms with E-state index in [2.05, 4.69) is 29.0 Å². The minimum Gasteiger partial charge on any atom is -0.464 e. The lowest BCUT2D eigenvalue weighted by Crippen LogP contribution is -2.34. The van der Waals surface area contributed by atoms with E-state index in [9.17, 15) is 4.79 Å². The Balaban J connectivity index is 1.62. The molecular weight excluding hydrogens is 392 g/mol. The lowest BCUT2D eigenvalue weighted by molar-refractivity contribution is -0.132. The minimum atomic E-state index is 0.000139. The Morgan fingerprint density at radius 3 is 2.52 bits per heavy atom. The van der Waals surface area contributed by atoms with Crippen LogP contribution in [0.2, 0.25) is 0 Å². The third kappa shape index (κ3) is 3.73. The molecule has 162 valence electrons. The van der Waals surface area contributed by atoms with Gasteiger partial charge in [0.1, 0.15) is 12.3 Å². The van der Waals surface area contributed by atoms with Gasteiger partial charge in [-0.1, -0.05) is 0 Å². The largest absolute Gasteiger partial charge is 0.464 e. The quantitative estimate of drug-likeness (QED) is 0.453. The number of fused-ring (bicyclic) bond motifs is 1. The van der Waals surface area contributed by atoms with Gasteiger partial charge in [0.05, 0.1) is 23.0 Å². The number of rotatable bonds is 7. The zero-order valence-electron chi connectivity index (χ0n) is 18.7. The van der Waals surface area contributed by atoms with Crippen LogP contribution < -0.4 is 0 Å². The predicted molar refractivity (Wildman–Crippen MR) is 118 cm³/mol.